The van der Waals surface area contributed by atoms with Crippen LogP contribution in [0.25, 0.3) is 5.78 Å². The molecule has 1 saturated carbocycles. The predicted molar refractivity (Wildman–Crippen MR) is 99.2 cm³/mol. The number of aromatic nitrogens is 4. The van der Waals surface area contributed by atoms with Crippen molar-refractivity contribution in [3.8, 4) is 0 Å². The Morgan fingerprint density at radius 2 is 2.00 bits per heavy atom. The number of nitrogens with one attached hydrogen (secondary N) is 2. The lowest BCUT2D eigenvalue weighted by Crippen LogP contribution is -2.24. The Morgan fingerprint density at radius 3 is 2.78 bits per heavy atom. The highest BCUT2D eigenvalue weighted by molar-refractivity contribution is 5.94. The van der Waals surface area contributed by atoms with Crippen LogP contribution in [0, 0.1) is 19.8 Å². The number of carbonyl (C=O) groups is 2. The maximum Gasteiger partial charge on any atom is 0.291 e. The van der Waals surface area contributed by atoms with Gasteiger partial charge in [-0.1, -0.05) is 12.1 Å². The van der Waals surface area contributed by atoms with Crippen molar-refractivity contribution in [1.29, 1.82) is 0 Å². The fourth-order valence-corrected chi connectivity index (χ4v) is 2.87. The van der Waals surface area contributed by atoms with Gasteiger partial charge in [-0.25, -0.2) is 9.50 Å². The summed E-state index contributed by atoms with van der Waals surface area (Å²) < 4.78 is 1.55. The number of rotatable bonds is 5. The van der Waals surface area contributed by atoms with Crippen LogP contribution in [-0.2, 0) is 11.3 Å². The molecule has 2 heterocycles. The standard InChI is InChI=1S/C19H20N6O2/c1-11-8-12(2)25-19(21-11)23-16(24-25)18(27)20-10-13-4-3-5-15(9-13)22-17(26)14-6-7-14/h3-5,8-9,14H,6-7,10H2,1-2H3,(H,20,27)(H,22,26). The van der Waals surface area contributed by atoms with E-state index in [0.717, 1.165) is 35.5 Å². The molecule has 2 amide bonds. The first-order valence-corrected chi connectivity index (χ1v) is 8.88. The SMILES string of the molecule is Cc1cc(C)n2nc(C(=O)NCc3cccc(NC(=O)C4CC4)c3)nc2n1. The maximum absolute atomic E-state index is 12.4. The van der Waals surface area contributed by atoms with Gasteiger partial charge in [0.25, 0.3) is 11.7 Å². The summed E-state index contributed by atoms with van der Waals surface area (Å²) in [5.41, 5.74) is 3.30. The summed E-state index contributed by atoms with van der Waals surface area (Å²) in [4.78, 5) is 32.8. The van der Waals surface area contributed by atoms with E-state index in [1.165, 1.54) is 0 Å². The van der Waals surface area contributed by atoms with Crippen molar-refractivity contribution >= 4 is 23.3 Å². The monoisotopic (exact) mass is 364 g/mol. The molecule has 2 aromatic heterocycles. The number of fused-ring (bicyclic) bond motifs is 1. The molecule has 0 bridgehead atoms. The fraction of sp³-hybridized carbons (Fsp3) is 0.316. The fourth-order valence-electron chi connectivity index (χ4n) is 2.87. The molecule has 1 aliphatic carbocycles. The van der Waals surface area contributed by atoms with Gasteiger partial charge in [0.2, 0.25) is 11.7 Å². The third-order valence-corrected chi connectivity index (χ3v) is 4.42. The smallest absolute Gasteiger partial charge is 0.291 e. The van der Waals surface area contributed by atoms with Gasteiger partial charge in [0.1, 0.15) is 0 Å². The first-order chi connectivity index (χ1) is 13.0. The number of carbonyl (C=O) groups excluding carboxylic acids is 2. The van der Waals surface area contributed by atoms with Crippen LogP contribution in [0.3, 0.4) is 0 Å². The van der Waals surface area contributed by atoms with Crippen LogP contribution in [-0.4, -0.2) is 31.4 Å². The van der Waals surface area contributed by atoms with Crippen LogP contribution >= 0.6 is 0 Å². The molecule has 0 radical (unpaired) electrons. The van der Waals surface area contributed by atoms with Crippen molar-refractivity contribution in [1.82, 2.24) is 24.9 Å². The summed E-state index contributed by atoms with van der Waals surface area (Å²) >= 11 is 0. The Kier molecular flexibility index (Phi) is 4.31. The van der Waals surface area contributed by atoms with Crippen molar-refractivity contribution in [2.24, 2.45) is 5.92 Å². The Balaban J connectivity index is 1.43. The van der Waals surface area contributed by atoms with E-state index < -0.39 is 0 Å². The number of amides is 2. The molecule has 8 heteroatoms. The third kappa shape index (κ3) is 3.79. The van der Waals surface area contributed by atoms with E-state index >= 15 is 0 Å². The van der Waals surface area contributed by atoms with Gasteiger partial charge in [-0.15, -0.1) is 5.10 Å². The molecule has 1 fully saturated rings. The number of anilines is 1. The van der Waals surface area contributed by atoms with E-state index in [9.17, 15) is 9.59 Å². The zero-order chi connectivity index (χ0) is 19.0. The highest BCUT2D eigenvalue weighted by Gasteiger charge is 2.29. The van der Waals surface area contributed by atoms with Crippen molar-refractivity contribution in [3.05, 3.63) is 53.1 Å². The Hall–Kier alpha value is -3.29. The minimum Gasteiger partial charge on any atom is -0.345 e. The average molecular weight is 364 g/mol. The molecule has 138 valence electrons. The van der Waals surface area contributed by atoms with E-state index in [4.69, 9.17) is 0 Å². The second-order valence-electron chi connectivity index (χ2n) is 6.83. The van der Waals surface area contributed by atoms with E-state index in [1.54, 1.807) is 4.52 Å². The average Bonchev–Trinajstić information content (AvgIpc) is 3.40. The second kappa shape index (κ2) is 6.79. The van der Waals surface area contributed by atoms with Gasteiger partial charge in [-0.3, -0.25) is 9.59 Å². The molecule has 0 saturated heterocycles. The molecule has 4 rings (SSSR count). The molecule has 27 heavy (non-hydrogen) atoms. The topological polar surface area (TPSA) is 101 Å². The van der Waals surface area contributed by atoms with Crippen LogP contribution in [0.4, 0.5) is 5.69 Å². The lowest BCUT2D eigenvalue weighted by molar-refractivity contribution is -0.117. The van der Waals surface area contributed by atoms with Gasteiger partial charge in [-0.05, 0) is 50.5 Å². The van der Waals surface area contributed by atoms with Gasteiger partial charge >= 0.3 is 0 Å². The maximum atomic E-state index is 12.4. The summed E-state index contributed by atoms with van der Waals surface area (Å²) in [7, 11) is 0. The van der Waals surface area contributed by atoms with Gasteiger partial charge in [0.15, 0.2) is 0 Å². The summed E-state index contributed by atoms with van der Waals surface area (Å²) in [6.45, 7) is 4.07. The molecule has 0 aliphatic heterocycles. The molecule has 8 nitrogen and oxygen atoms in total. The molecule has 2 N–H and O–H groups in total. The first-order valence-electron chi connectivity index (χ1n) is 8.88. The number of hydrogen-bond acceptors (Lipinski definition) is 5. The third-order valence-electron chi connectivity index (χ3n) is 4.42. The van der Waals surface area contributed by atoms with Gasteiger partial charge in [0, 0.05) is 29.5 Å². The summed E-state index contributed by atoms with van der Waals surface area (Å²) in [5, 5.41) is 9.94. The van der Waals surface area contributed by atoms with Crippen LogP contribution < -0.4 is 10.6 Å². The number of nitrogens with zero attached hydrogens (tertiary/aromatic N) is 4. The first kappa shape index (κ1) is 17.1. The van der Waals surface area contributed by atoms with E-state index in [-0.39, 0.29) is 23.6 Å². The molecule has 0 spiro atoms. The largest absolute Gasteiger partial charge is 0.345 e. The molecular weight excluding hydrogens is 344 g/mol. The van der Waals surface area contributed by atoms with Crippen molar-refractivity contribution < 1.29 is 9.59 Å². The summed E-state index contributed by atoms with van der Waals surface area (Å²) in [5.74, 6) is 0.320. The van der Waals surface area contributed by atoms with Crippen LogP contribution in [0.15, 0.2) is 30.3 Å². The van der Waals surface area contributed by atoms with Crippen molar-refractivity contribution in [3.63, 3.8) is 0 Å². The number of benzene rings is 1. The Morgan fingerprint density at radius 1 is 1.19 bits per heavy atom. The molecule has 3 aromatic rings. The molecule has 1 aliphatic rings. The zero-order valence-electron chi connectivity index (χ0n) is 15.2. The molecule has 1 aromatic carbocycles. The van der Waals surface area contributed by atoms with E-state index in [2.05, 4.69) is 25.7 Å². The minimum atomic E-state index is -0.370. The Bertz CT molecular complexity index is 1040. The van der Waals surface area contributed by atoms with Crippen molar-refractivity contribution in [2.75, 3.05) is 5.32 Å². The zero-order valence-corrected chi connectivity index (χ0v) is 15.2. The lowest BCUT2D eigenvalue weighted by atomic mass is 10.2. The van der Waals surface area contributed by atoms with E-state index in [0.29, 0.717) is 12.3 Å². The summed E-state index contributed by atoms with van der Waals surface area (Å²) in [6, 6.07) is 9.31. The normalized spacial score (nSPS) is 13.6. The van der Waals surface area contributed by atoms with Gasteiger partial charge in [-0.2, -0.15) is 4.98 Å². The second-order valence-corrected chi connectivity index (χ2v) is 6.83. The molecule has 0 unspecified atom stereocenters. The lowest BCUT2D eigenvalue weighted by Gasteiger charge is -2.07. The highest BCUT2D eigenvalue weighted by Crippen LogP contribution is 2.30. The van der Waals surface area contributed by atoms with Crippen LogP contribution in [0.2, 0.25) is 0 Å². The highest BCUT2D eigenvalue weighted by atomic mass is 16.2. The predicted octanol–water partition coefficient (Wildman–Crippen LogP) is 2.02. The van der Waals surface area contributed by atoms with E-state index in [1.807, 2.05) is 44.2 Å². The molecule has 0 atom stereocenters. The number of hydrogen-bond donors (Lipinski definition) is 2. The van der Waals surface area contributed by atoms with Gasteiger partial charge in [0.05, 0.1) is 0 Å². The quantitative estimate of drug-likeness (QED) is 0.721. The van der Waals surface area contributed by atoms with Crippen molar-refractivity contribution in [2.45, 2.75) is 33.2 Å². The molecular formula is C19H20N6O2. The summed E-state index contributed by atoms with van der Waals surface area (Å²) in [6.07, 6.45) is 1.92. The van der Waals surface area contributed by atoms with Crippen LogP contribution in [0.5, 0.6) is 0 Å². The van der Waals surface area contributed by atoms with Gasteiger partial charge < -0.3 is 10.6 Å². The number of aryl methyl sites for hydroxylation is 2. The van der Waals surface area contributed by atoms with Crippen LogP contribution in [0.1, 0.15) is 40.4 Å². The Labute approximate surface area is 156 Å². The minimum absolute atomic E-state index is 0.0586.